The van der Waals surface area contributed by atoms with Crippen molar-refractivity contribution in [2.45, 2.75) is 77.3 Å². The van der Waals surface area contributed by atoms with E-state index in [-0.39, 0.29) is 5.91 Å². The molecule has 28 heavy (non-hydrogen) atoms. The number of aliphatic hydroxyl groups is 1. The van der Waals surface area contributed by atoms with Gasteiger partial charge in [-0.25, -0.2) is 0 Å². The third-order valence-electron chi connectivity index (χ3n) is 7.14. The predicted octanol–water partition coefficient (Wildman–Crippen LogP) is 2.48. The molecule has 2 fully saturated rings. The third kappa shape index (κ3) is 3.99. The first-order chi connectivity index (χ1) is 13.7. The lowest BCUT2D eigenvalue weighted by molar-refractivity contribution is 0.0750. The van der Waals surface area contributed by atoms with Crippen LogP contribution in [0.1, 0.15) is 73.6 Å². The number of hydrogen-bond donors (Lipinski definition) is 1. The second-order valence-electron chi connectivity index (χ2n) is 8.85. The van der Waals surface area contributed by atoms with Gasteiger partial charge in [0.15, 0.2) is 5.69 Å². The number of fused-ring (bicyclic) bond motifs is 1. The van der Waals surface area contributed by atoms with E-state index in [0.29, 0.717) is 18.6 Å². The number of amides is 1. The minimum absolute atomic E-state index is 0.157. The fourth-order valence-corrected chi connectivity index (χ4v) is 5.34. The molecule has 1 aliphatic carbocycles. The molecule has 0 radical (unpaired) electrons. The molecular weight excluding hydrogens is 352 g/mol. The molecular formula is C22H36N4O2. The van der Waals surface area contributed by atoms with Gasteiger partial charge in [-0.05, 0) is 70.9 Å². The molecule has 1 aromatic heterocycles. The molecule has 6 nitrogen and oxygen atoms in total. The summed E-state index contributed by atoms with van der Waals surface area (Å²) >= 11 is 0. The van der Waals surface area contributed by atoms with Crippen LogP contribution in [0, 0.1) is 5.92 Å². The molecule has 1 amide bonds. The fourth-order valence-electron chi connectivity index (χ4n) is 5.34. The number of carbonyl (C=O) groups is 1. The van der Waals surface area contributed by atoms with Crippen LogP contribution in [0.15, 0.2) is 0 Å². The molecule has 0 spiro atoms. The molecule has 2 aliphatic heterocycles. The Morgan fingerprint density at radius 3 is 2.43 bits per heavy atom. The van der Waals surface area contributed by atoms with Gasteiger partial charge in [-0.1, -0.05) is 12.8 Å². The van der Waals surface area contributed by atoms with Crippen molar-refractivity contribution in [3.63, 3.8) is 0 Å². The quantitative estimate of drug-likeness (QED) is 0.861. The summed E-state index contributed by atoms with van der Waals surface area (Å²) in [5, 5.41) is 14.2. The average Bonchev–Trinajstić information content (AvgIpc) is 2.90. The van der Waals surface area contributed by atoms with E-state index in [2.05, 4.69) is 16.5 Å². The van der Waals surface area contributed by atoms with Gasteiger partial charge in [0.2, 0.25) is 0 Å². The Morgan fingerprint density at radius 1 is 1.07 bits per heavy atom. The average molecular weight is 389 g/mol. The normalized spacial score (nSPS) is 24.8. The van der Waals surface area contributed by atoms with E-state index >= 15 is 0 Å². The number of carbonyl (C=O) groups excluding carboxylic acids is 1. The van der Waals surface area contributed by atoms with Crippen LogP contribution in [0.4, 0.5) is 0 Å². The van der Waals surface area contributed by atoms with Crippen LogP contribution in [0.3, 0.4) is 0 Å². The Kier molecular flexibility index (Phi) is 6.36. The minimum Gasteiger partial charge on any atom is -0.396 e. The predicted molar refractivity (Wildman–Crippen MR) is 109 cm³/mol. The van der Waals surface area contributed by atoms with E-state index in [1.54, 1.807) is 0 Å². The number of aliphatic hydroxyl groups excluding tert-OH is 1. The Balaban J connectivity index is 1.52. The molecule has 1 aromatic rings. The van der Waals surface area contributed by atoms with Gasteiger partial charge in [-0.2, -0.15) is 5.10 Å². The lowest BCUT2D eigenvalue weighted by Crippen LogP contribution is -2.45. The van der Waals surface area contributed by atoms with Crippen molar-refractivity contribution < 1.29 is 9.90 Å². The molecule has 0 aromatic carbocycles. The van der Waals surface area contributed by atoms with E-state index in [1.165, 1.54) is 24.1 Å². The molecule has 3 aliphatic rings. The minimum atomic E-state index is 0.157. The monoisotopic (exact) mass is 388 g/mol. The number of hydrogen-bond acceptors (Lipinski definition) is 4. The number of rotatable bonds is 4. The van der Waals surface area contributed by atoms with Crippen LogP contribution in [0.2, 0.25) is 0 Å². The molecule has 1 atom stereocenters. The summed E-state index contributed by atoms with van der Waals surface area (Å²) in [5.74, 6) is 0.628. The van der Waals surface area contributed by atoms with Crippen LogP contribution < -0.4 is 0 Å². The van der Waals surface area contributed by atoms with Crippen LogP contribution in [0.5, 0.6) is 0 Å². The van der Waals surface area contributed by atoms with Gasteiger partial charge >= 0.3 is 0 Å². The first-order valence-electron chi connectivity index (χ1n) is 11.4. The Bertz CT molecular complexity index is 670. The smallest absolute Gasteiger partial charge is 0.274 e. The van der Waals surface area contributed by atoms with Gasteiger partial charge in [0.05, 0.1) is 0 Å². The molecule has 0 saturated carbocycles. The van der Waals surface area contributed by atoms with E-state index in [9.17, 15) is 9.90 Å². The second-order valence-corrected chi connectivity index (χ2v) is 8.85. The van der Waals surface area contributed by atoms with Gasteiger partial charge in [-0.3, -0.25) is 9.48 Å². The zero-order chi connectivity index (χ0) is 19.5. The molecule has 1 N–H and O–H groups in total. The number of aromatic nitrogens is 2. The Hall–Kier alpha value is -1.40. The Labute approximate surface area is 168 Å². The van der Waals surface area contributed by atoms with Gasteiger partial charge in [0, 0.05) is 43.5 Å². The fraction of sp³-hybridized carbons (Fsp3) is 0.818. The lowest BCUT2D eigenvalue weighted by Gasteiger charge is -2.39. The first-order valence-corrected chi connectivity index (χ1v) is 11.4. The Morgan fingerprint density at radius 2 is 1.79 bits per heavy atom. The van der Waals surface area contributed by atoms with E-state index in [1.807, 2.05) is 4.90 Å². The van der Waals surface area contributed by atoms with E-state index < -0.39 is 0 Å². The van der Waals surface area contributed by atoms with E-state index in [4.69, 9.17) is 5.10 Å². The van der Waals surface area contributed by atoms with Crippen LogP contribution >= 0.6 is 0 Å². The number of likely N-dealkylation sites (tertiary alicyclic amines) is 2. The molecule has 6 heteroatoms. The number of aryl methyl sites for hydroxylation is 1. The summed E-state index contributed by atoms with van der Waals surface area (Å²) in [7, 11) is 0. The van der Waals surface area contributed by atoms with Gasteiger partial charge in [0.1, 0.15) is 0 Å². The third-order valence-corrected chi connectivity index (χ3v) is 7.14. The molecule has 156 valence electrons. The van der Waals surface area contributed by atoms with Crippen molar-refractivity contribution in [2.24, 2.45) is 5.92 Å². The molecule has 3 heterocycles. The molecule has 4 rings (SSSR count). The second kappa shape index (κ2) is 8.95. The van der Waals surface area contributed by atoms with Crippen LogP contribution in [-0.4, -0.2) is 69.4 Å². The number of nitrogens with zero attached hydrogens (tertiary/aromatic N) is 4. The molecule has 2 saturated heterocycles. The highest BCUT2D eigenvalue weighted by Crippen LogP contribution is 2.31. The standard InChI is InChI=1S/C22H36N4O2/c1-2-26-20-8-7-18(24-13-9-17(16-27)10-14-24)15-19(20)21(23-26)22(28)25-11-5-3-4-6-12-25/h17-18,27H,2-16H2,1H3/t18-/m1/s1. The van der Waals surface area contributed by atoms with Crippen molar-refractivity contribution in [3.05, 3.63) is 17.0 Å². The summed E-state index contributed by atoms with van der Waals surface area (Å²) < 4.78 is 2.08. The van der Waals surface area contributed by atoms with Crippen molar-refractivity contribution >= 4 is 5.91 Å². The topological polar surface area (TPSA) is 61.6 Å². The molecule has 0 unspecified atom stereocenters. The van der Waals surface area contributed by atoms with E-state index in [0.717, 1.165) is 83.4 Å². The summed E-state index contributed by atoms with van der Waals surface area (Å²) in [5.41, 5.74) is 3.24. The SMILES string of the molecule is CCn1nc(C(=O)N2CCCCCC2)c2c1CC[C@@H](N1CCC(CO)CC1)C2. The maximum atomic E-state index is 13.3. The zero-order valence-corrected chi connectivity index (χ0v) is 17.4. The molecule has 0 bridgehead atoms. The summed E-state index contributed by atoms with van der Waals surface area (Å²) in [6.45, 7) is 7.18. The van der Waals surface area contributed by atoms with Gasteiger partial charge < -0.3 is 14.9 Å². The van der Waals surface area contributed by atoms with Crippen molar-refractivity contribution in [1.29, 1.82) is 0 Å². The maximum Gasteiger partial charge on any atom is 0.274 e. The van der Waals surface area contributed by atoms with Crippen LogP contribution in [0.25, 0.3) is 0 Å². The maximum absolute atomic E-state index is 13.3. The highest BCUT2D eigenvalue weighted by Gasteiger charge is 2.34. The summed E-state index contributed by atoms with van der Waals surface area (Å²) in [6.07, 6.45) is 10.0. The number of piperidine rings is 1. The highest BCUT2D eigenvalue weighted by molar-refractivity contribution is 5.94. The van der Waals surface area contributed by atoms with Crippen molar-refractivity contribution in [1.82, 2.24) is 19.6 Å². The zero-order valence-electron chi connectivity index (χ0n) is 17.4. The first kappa shape index (κ1) is 19.9. The largest absolute Gasteiger partial charge is 0.396 e. The van der Waals surface area contributed by atoms with Crippen molar-refractivity contribution in [3.8, 4) is 0 Å². The lowest BCUT2D eigenvalue weighted by atomic mass is 9.87. The summed E-state index contributed by atoms with van der Waals surface area (Å²) in [4.78, 5) is 18.0. The van der Waals surface area contributed by atoms with Gasteiger partial charge in [0.25, 0.3) is 5.91 Å². The van der Waals surface area contributed by atoms with Crippen molar-refractivity contribution in [2.75, 3.05) is 32.8 Å². The van der Waals surface area contributed by atoms with Crippen LogP contribution in [-0.2, 0) is 19.4 Å². The summed E-state index contributed by atoms with van der Waals surface area (Å²) in [6, 6.07) is 0.511. The highest BCUT2D eigenvalue weighted by atomic mass is 16.3. The van der Waals surface area contributed by atoms with Gasteiger partial charge in [-0.15, -0.1) is 0 Å².